The zero-order valence-corrected chi connectivity index (χ0v) is 9.65. The number of ether oxygens (including phenoxy) is 1. The number of carbonyl (C=O) groups is 1. The van der Waals surface area contributed by atoms with Crippen molar-refractivity contribution in [3.05, 3.63) is 23.8 Å². The van der Waals surface area contributed by atoms with E-state index in [9.17, 15) is 18.0 Å². The molecule has 0 saturated carbocycles. The first-order chi connectivity index (χ1) is 8.84. The predicted molar refractivity (Wildman–Crippen MR) is 60.2 cm³/mol. The number of benzene rings is 1. The molecule has 0 spiro atoms. The summed E-state index contributed by atoms with van der Waals surface area (Å²) in [5.41, 5.74) is -0.707. The van der Waals surface area contributed by atoms with Crippen molar-refractivity contribution < 1.29 is 22.7 Å². The van der Waals surface area contributed by atoms with Crippen molar-refractivity contribution in [3.63, 3.8) is 0 Å². The van der Waals surface area contributed by atoms with Crippen LogP contribution in [0.25, 0.3) is 10.9 Å². The Morgan fingerprint density at radius 3 is 2.74 bits per heavy atom. The molecule has 2 rings (SSSR count). The van der Waals surface area contributed by atoms with Gasteiger partial charge in [0.25, 0.3) is 0 Å². The standard InChI is InChI=1S/C10H9F3N4O2/c1-19-9(18)17(14)8-6-3-2-5(10(11,12)13)4-7(6)15-16-8/h2-4H,14H2,1H3,(H,15,16). The van der Waals surface area contributed by atoms with Crippen LogP contribution in [0.4, 0.5) is 23.8 Å². The zero-order valence-electron chi connectivity index (χ0n) is 9.65. The van der Waals surface area contributed by atoms with Crippen molar-refractivity contribution in [1.82, 2.24) is 10.2 Å². The number of methoxy groups -OCH3 is 1. The first-order valence-corrected chi connectivity index (χ1v) is 5.02. The number of nitrogens with one attached hydrogen (secondary N) is 1. The second kappa shape index (κ2) is 4.43. The van der Waals surface area contributed by atoms with Crippen molar-refractivity contribution in [2.45, 2.75) is 6.18 Å². The van der Waals surface area contributed by atoms with Gasteiger partial charge in [-0.15, -0.1) is 0 Å². The molecular weight excluding hydrogens is 265 g/mol. The lowest BCUT2D eigenvalue weighted by atomic mass is 10.1. The lowest BCUT2D eigenvalue weighted by molar-refractivity contribution is -0.137. The summed E-state index contributed by atoms with van der Waals surface area (Å²) in [5, 5.41) is 6.96. The molecule has 2 aromatic rings. The Kier molecular flexibility index (Phi) is 3.06. The zero-order chi connectivity index (χ0) is 14.2. The molecule has 0 unspecified atom stereocenters. The van der Waals surface area contributed by atoms with Crippen LogP contribution in [-0.2, 0) is 10.9 Å². The SMILES string of the molecule is COC(=O)N(N)c1n[nH]c2cc(C(F)(F)F)ccc12. The Bertz CT molecular complexity index is 623. The van der Waals surface area contributed by atoms with Gasteiger partial charge in [-0.25, -0.2) is 10.6 Å². The summed E-state index contributed by atoms with van der Waals surface area (Å²) in [4.78, 5) is 11.2. The van der Waals surface area contributed by atoms with E-state index in [2.05, 4.69) is 14.9 Å². The molecule has 1 heterocycles. The highest BCUT2D eigenvalue weighted by Gasteiger charge is 2.31. The van der Waals surface area contributed by atoms with Crippen LogP contribution in [0.15, 0.2) is 18.2 Å². The largest absolute Gasteiger partial charge is 0.451 e. The third-order valence-electron chi connectivity index (χ3n) is 2.47. The maximum atomic E-state index is 12.5. The Balaban J connectivity index is 2.48. The molecule has 19 heavy (non-hydrogen) atoms. The van der Waals surface area contributed by atoms with E-state index in [1.54, 1.807) is 0 Å². The van der Waals surface area contributed by atoms with Crippen molar-refractivity contribution in [2.75, 3.05) is 12.1 Å². The van der Waals surface area contributed by atoms with Gasteiger partial charge in [0.05, 0.1) is 18.2 Å². The van der Waals surface area contributed by atoms with E-state index in [0.29, 0.717) is 5.01 Å². The molecule has 1 aromatic carbocycles. The van der Waals surface area contributed by atoms with Crippen molar-refractivity contribution in [3.8, 4) is 0 Å². The molecule has 1 amide bonds. The van der Waals surface area contributed by atoms with Crippen LogP contribution < -0.4 is 10.9 Å². The number of amides is 1. The molecule has 0 radical (unpaired) electrons. The first kappa shape index (κ1) is 13.1. The van der Waals surface area contributed by atoms with Crippen molar-refractivity contribution in [1.29, 1.82) is 0 Å². The highest BCUT2D eigenvalue weighted by atomic mass is 19.4. The molecule has 9 heteroatoms. The number of anilines is 1. The summed E-state index contributed by atoms with van der Waals surface area (Å²) in [7, 11) is 1.12. The number of halogens is 3. The number of aromatic nitrogens is 2. The second-order valence-corrected chi connectivity index (χ2v) is 3.65. The number of nitrogens with zero attached hydrogens (tertiary/aromatic N) is 2. The Morgan fingerprint density at radius 1 is 1.47 bits per heavy atom. The van der Waals surface area contributed by atoms with Gasteiger partial charge in [-0.3, -0.25) is 5.10 Å². The summed E-state index contributed by atoms with van der Waals surface area (Å²) < 4.78 is 42.0. The number of hydrogen-bond donors (Lipinski definition) is 2. The molecule has 6 nitrogen and oxygen atoms in total. The molecule has 0 aliphatic rings. The van der Waals surface area contributed by atoms with Crippen molar-refractivity contribution in [2.24, 2.45) is 5.84 Å². The molecule has 0 bridgehead atoms. The number of rotatable bonds is 1. The average Bonchev–Trinajstić information content (AvgIpc) is 2.78. The lowest BCUT2D eigenvalue weighted by Crippen LogP contribution is -2.37. The van der Waals surface area contributed by atoms with Gasteiger partial charge in [0.2, 0.25) is 0 Å². The van der Waals surface area contributed by atoms with Crippen LogP contribution in [0.1, 0.15) is 5.56 Å². The van der Waals surface area contributed by atoms with Crippen molar-refractivity contribution >= 4 is 22.8 Å². The molecule has 0 atom stereocenters. The maximum absolute atomic E-state index is 12.5. The van der Waals surface area contributed by atoms with Gasteiger partial charge in [-0.2, -0.15) is 23.3 Å². The number of H-pyrrole nitrogens is 1. The normalized spacial score (nSPS) is 11.6. The Labute approximate surface area is 104 Å². The van der Waals surface area contributed by atoms with Gasteiger partial charge in [-0.05, 0) is 18.2 Å². The number of carbonyl (C=O) groups excluding carboxylic acids is 1. The minimum Gasteiger partial charge on any atom is -0.451 e. The van der Waals surface area contributed by atoms with Crippen LogP contribution in [0, 0.1) is 0 Å². The van der Waals surface area contributed by atoms with E-state index >= 15 is 0 Å². The maximum Gasteiger partial charge on any atom is 0.430 e. The molecule has 0 fully saturated rings. The highest BCUT2D eigenvalue weighted by Crippen LogP contribution is 2.32. The summed E-state index contributed by atoms with van der Waals surface area (Å²) in [6.45, 7) is 0. The third-order valence-corrected chi connectivity index (χ3v) is 2.47. The average molecular weight is 274 g/mol. The Hall–Kier alpha value is -2.29. The summed E-state index contributed by atoms with van der Waals surface area (Å²) >= 11 is 0. The predicted octanol–water partition coefficient (Wildman–Crippen LogP) is 2.03. The minimum atomic E-state index is -4.45. The fourth-order valence-corrected chi connectivity index (χ4v) is 1.55. The summed E-state index contributed by atoms with van der Waals surface area (Å²) in [6.07, 6.45) is -5.34. The van der Waals surface area contributed by atoms with Crippen LogP contribution >= 0.6 is 0 Å². The molecule has 0 aliphatic carbocycles. The van der Waals surface area contributed by atoms with Gasteiger partial charge >= 0.3 is 12.3 Å². The molecule has 3 N–H and O–H groups in total. The van der Waals surface area contributed by atoms with Crippen LogP contribution in [0.3, 0.4) is 0 Å². The minimum absolute atomic E-state index is 0.0180. The smallest absolute Gasteiger partial charge is 0.430 e. The van der Waals surface area contributed by atoms with E-state index < -0.39 is 17.8 Å². The number of fused-ring (bicyclic) bond motifs is 1. The van der Waals surface area contributed by atoms with Crippen LogP contribution in [0.5, 0.6) is 0 Å². The highest BCUT2D eigenvalue weighted by molar-refractivity contribution is 5.98. The number of nitrogens with two attached hydrogens (primary N) is 1. The molecule has 0 aliphatic heterocycles. The van der Waals surface area contributed by atoms with E-state index in [0.717, 1.165) is 19.2 Å². The van der Waals surface area contributed by atoms with E-state index in [1.807, 2.05) is 0 Å². The van der Waals surface area contributed by atoms with Gasteiger partial charge in [0.15, 0.2) is 5.82 Å². The van der Waals surface area contributed by atoms with Gasteiger partial charge < -0.3 is 4.74 Å². The number of hydrazine groups is 1. The first-order valence-electron chi connectivity index (χ1n) is 5.02. The van der Waals surface area contributed by atoms with E-state index in [-0.39, 0.29) is 16.7 Å². The lowest BCUT2D eigenvalue weighted by Gasteiger charge is -2.12. The molecule has 102 valence electrons. The molecule has 1 aromatic heterocycles. The van der Waals surface area contributed by atoms with Crippen LogP contribution in [-0.4, -0.2) is 23.4 Å². The van der Waals surface area contributed by atoms with Gasteiger partial charge in [-0.1, -0.05) is 0 Å². The number of aromatic amines is 1. The molecular formula is C10H9F3N4O2. The molecule has 0 saturated heterocycles. The number of hydrogen-bond acceptors (Lipinski definition) is 4. The topological polar surface area (TPSA) is 84.2 Å². The quantitative estimate of drug-likeness (QED) is 0.473. The number of alkyl halides is 3. The van der Waals surface area contributed by atoms with E-state index in [4.69, 9.17) is 5.84 Å². The Morgan fingerprint density at radius 2 is 2.16 bits per heavy atom. The second-order valence-electron chi connectivity index (χ2n) is 3.65. The monoisotopic (exact) mass is 274 g/mol. The third kappa shape index (κ3) is 2.32. The van der Waals surface area contributed by atoms with Gasteiger partial charge in [0, 0.05) is 5.39 Å². The fourth-order valence-electron chi connectivity index (χ4n) is 1.55. The summed E-state index contributed by atoms with van der Waals surface area (Å²) in [5.74, 6) is 5.42. The fraction of sp³-hybridized carbons (Fsp3) is 0.200. The van der Waals surface area contributed by atoms with E-state index in [1.165, 1.54) is 6.07 Å². The van der Waals surface area contributed by atoms with Gasteiger partial charge in [0.1, 0.15) is 0 Å². The summed E-state index contributed by atoms with van der Waals surface area (Å²) in [6, 6.07) is 2.95. The van der Waals surface area contributed by atoms with Crippen LogP contribution in [0.2, 0.25) is 0 Å².